The van der Waals surface area contributed by atoms with E-state index in [0.29, 0.717) is 0 Å². The molecular formula is C12H16O3S. The lowest BCUT2D eigenvalue weighted by atomic mass is 10.2. The van der Waals surface area contributed by atoms with Crippen LogP contribution in [0.3, 0.4) is 0 Å². The van der Waals surface area contributed by atoms with Gasteiger partial charge in [-0.15, -0.1) is 0 Å². The fourth-order valence-electron chi connectivity index (χ4n) is 1.46. The lowest BCUT2D eigenvalue weighted by Gasteiger charge is -2.11. The molecule has 1 aromatic carbocycles. The molecule has 0 bridgehead atoms. The monoisotopic (exact) mass is 240 g/mol. The van der Waals surface area contributed by atoms with Crippen LogP contribution in [0.5, 0.6) is 0 Å². The van der Waals surface area contributed by atoms with E-state index in [4.69, 9.17) is 0 Å². The van der Waals surface area contributed by atoms with Crippen molar-refractivity contribution in [2.24, 2.45) is 0 Å². The SMILES string of the molecule is CCC(=O)C(C)S(=O)(=O)c1cccc(C)c1. The van der Waals surface area contributed by atoms with E-state index >= 15 is 0 Å². The van der Waals surface area contributed by atoms with Gasteiger partial charge in [0.1, 0.15) is 5.25 Å². The molecule has 0 aliphatic rings. The molecule has 3 nitrogen and oxygen atoms in total. The van der Waals surface area contributed by atoms with Gasteiger partial charge in [-0.3, -0.25) is 4.79 Å². The Hall–Kier alpha value is -1.16. The van der Waals surface area contributed by atoms with E-state index in [0.717, 1.165) is 5.56 Å². The number of carbonyl (C=O) groups excluding carboxylic acids is 1. The third-order valence-electron chi connectivity index (χ3n) is 2.59. The number of benzene rings is 1. The molecule has 0 amide bonds. The highest BCUT2D eigenvalue weighted by Gasteiger charge is 2.28. The summed E-state index contributed by atoms with van der Waals surface area (Å²) in [5.74, 6) is -0.249. The van der Waals surface area contributed by atoms with Crippen molar-refractivity contribution in [3.05, 3.63) is 29.8 Å². The summed E-state index contributed by atoms with van der Waals surface area (Å²) < 4.78 is 24.1. The highest BCUT2D eigenvalue weighted by Crippen LogP contribution is 2.18. The van der Waals surface area contributed by atoms with Crippen LogP contribution in [-0.4, -0.2) is 19.5 Å². The van der Waals surface area contributed by atoms with Gasteiger partial charge >= 0.3 is 0 Å². The predicted octanol–water partition coefficient (Wildman–Crippen LogP) is 2.14. The molecule has 88 valence electrons. The molecule has 4 heteroatoms. The molecule has 0 heterocycles. The van der Waals surface area contributed by atoms with Crippen molar-refractivity contribution < 1.29 is 13.2 Å². The predicted molar refractivity (Wildman–Crippen MR) is 63.1 cm³/mol. The molecule has 0 aliphatic carbocycles. The molecule has 0 aromatic heterocycles. The number of hydrogen-bond donors (Lipinski definition) is 0. The molecule has 0 saturated heterocycles. The fourth-order valence-corrected chi connectivity index (χ4v) is 3.00. The van der Waals surface area contributed by atoms with Gasteiger partial charge in [-0.1, -0.05) is 19.1 Å². The summed E-state index contributed by atoms with van der Waals surface area (Å²) in [4.78, 5) is 11.7. The normalized spacial score (nSPS) is 13.4. The first-order valence-corrected chi connectivity index (χ1v) is 6.77. The van der Waals surface area contributed by atoms with E-state index in [1.807, 2.05) is 13.0 Å². The zero-order valence-corrected chi connectivity index (χ0v) is 10.5. The minimum Gasteiger partial charge on any atom is -0.298 e. The number of Topliss-reactive ketones (excluding diaryl/α,β-unsaturated/α-hetero) is 1. The summed E-state index contributed by atoms with van der Waals surface area (Å²) in [6, 6.07) is 6.63. The zero-order valence-electron chi connectivity index (χ0n) is 9.73. The minimum absolute atomic E-state index is 0.224. The van der Waals surface area contributed by atoms with Gasteiger partial charge in [-0.05, 0) is 31.5 Å². The van der Waals surface area contributed by atoms with Gasteiger partial charge < -0.3 is 0 Å². The minimum atomic E-state index is -3.52. The van der Waals surface area contributed by atoms with Crippen molar-refractivity contribution in [2.75, 3.05) is 0 Å². The van der Waals surface area contributed by atoms with Crippen molar-refractivity contribution in [3.8, 4) is 0 Å². The van der Waals surface area contributed by atoms with Crippen LogP contribution in [0.4, 0.5) is 0 Å². The second-order valence-corrected chi connectivity index (χ2v) is 6.09. The van der Waals surface area contributed by atoms with Crippen LogP contribution in [0.15, 0.2) is 29.2 Å². The lowest BCUT2D eigenvalue weighted by molar-refractivity contribution is -0.118. The van der Waals surface area contributed by atoms with E-state index in [1.54, 1.807) is 19.1 Å². The molecular weight excluding hydrogens is 224 g/mol. The largest absolute Gasteiger partial charge is 0.298 e. The summed E-state index contributed by atoms with van der Waals surface area (Å²) in [5, 5.41) is -0.959. The third-order valence-corrected chi connectivity index (χ3v) is 4.69. The number of aryl methyl sites for hydroxylation is 1. The first kappa shape index (κ1) is 12.9. The van der Waals surface area contributed by atoms with Gasteiger partial charge in [0.25, 0.3) is 0 Å². The van der Waals surface area contributed by atoms with Gasteiger partial charge in [-0.25, -0.2) is 8.42 Å². The van der Waals surface area contributed by atoms with Gasteiger partial charge in [0.15, 0.2) is 15.6 Å². The maximum atomic E-state index is 12.1. The van der Waals surface area contributed by atoms with Crippen molar-refractivity contribution in [1.82, 2.24) is 0 Å². The van der Waals surface area contributed by atoms with Crippen molar-refractivity contribution in [3.63, 3.8) is 0 Å². The number of carbonyl (C=O) groups is 1. The van der Waals surface area contributed by atoms with Gasteiger partial charge in [0, 0.05) is 6.42 Å². The Morgan fingerprint density at radius 1 is 1.38 bits per heavy atom. The second-order valence-electron chi connectivity index (χ2n) is 3.82. The molecule has 1 rings (SSSR count). The van der Waals surface area contributed by atoms with Crippen LogP contribution < -0.4 is 0 Å². The molecule has 0 N–H and O–H groups in total. The molecule has 16 heavy (non-hydrogen) atoms. The summed E-state index contributed by atoms with van der Waals surface area (Å²) in [6.07, 6.45) is 0.242. The van der Waals surface area contributed by atoms with Crippen LogP contribution in [0.25, 0.3) is 0 Å². The fraction of sp³-hybridized carbons (Fsp3) is 0.417. The Balaban J connectivity index is 3.17. The molecule has 1 atom stereocenters. The number of rotatable bonds is 4. The van der Waals surface area contributed by atoms with E-state index in [-0.39, 0.29) is 17.1 Å². The quantitative estimate of drug-likeness (QED) is 0.810. The van der Waals surface area contributed by atoms with Crippen LogP contribution in [0.1, 0.15) is 25.8 Å². The maximum Gasteiger partial charge on any atom is 0.188 e. The molecule has 0 radical (unpaired) electrons. The summed E-state index contributed by atoms with van der Waals surface area (Å²) in [5.41, 5.74) is 0.872. The van der Waals surface area contributed by atoms with Crippen molar-refractivity contribution in [2.45, 2.75) is 37.3 Å². The van der Waals surface area contributed by atoms with E-state index < -0.39 is 15.1 Å². The van der Waals surface area contributed by atoms with E-state index in [9.17, 15) is 13.2 Å². The van der Waals surface area contributed by atoms with Crippen LogP contribution in [0.2, 0.25) is 0 Å². The summed E-state index contributed by atoms with van der Waals surface area (Å²) >= 11 is 0. The van der Waals surface area contributed by atoms with Crippen molar-refractivity contribution in [1.29, 1.82) is 0 Å². The van der Waals surface area contributed by atoms with E-state index in [2.05, 4.69) is 0 Å². The number of sulfone groups is 1. The molecule has 0 fully saturated rings. The van der Waals surface area contributed by atoms with Crippen LogP contribution >= 0.6 is 0 Å². The first-order valence-electron chi connectivity index (χ1n) is 5.23. The smallest absolute Gasteiger partial charge is 0.188 e. The summed E-state index contributed by atoms with van der Waals surface area (Å²) in [7, 11) is -3.52. The average Bonchev–Trinajstić information content (AvgIpc) is 2.27. The second kappa shape index (κ2) is 4.78. The Labute approximate surface area is 96.4 Å². The zero-order chi connectivity index (χ0) is 12.3. The topological polar surface area (TPSA) is 51.2 Å². The molecule has 0 saturated carbocycles. The maximum absolute atomic E-state index is 12.1. The van der Waals surface area contributed by atoms with Gasteiger partial charge in [0.2, 0.25) is 0 Å². The molecule has 0 spiro atoms. The van der Waals surface area contributed by atoms with Crippen LogP contribution in [-0.2, 0) is 14.6 Å². The molecule has 1 aromatic rings. The average molecular weight is 240 g/mol. The Morgan fingerprint density at radius 3 is 2.50 bits per heavy atom. The van der Waals surface area contributed by atoms with Gasteiger partial charge in [0.05, 0.1) is 4.90 Å². The van der Waals surface area contributed by atoms with Crippen molar-refractivity contribution >= 4 is 15.6 Å². The van der Waals surface area contributed by atoms with E-state index in [1.165, 1.54) is 13.0 Å². The van der Waals surface area contributed by atoms with Gasteiger partial charge in [-0.2, -0.15) is 0 Å². The van der Waals surface area contributed by atoms with Crippen LogP contribution in [0, 0.1) is 6.92 Å². The number of hydrogen-bond acceptors (Lipinski definition) is 3. The Bertz CT molecular complexity index is 489. The Morgan fingerprint density at radius 2 is 2.00 bits per heavy atom. The highest BCUT2D eigenvalue weighted by molar-refractivity contribution is 7.92. The standard InChI is InChI=1S/C12H16O3S/c1-4-12(13)10(3)16(14,15)11-7-5-6-9(2)8-11/h5-8,10H,4H2,1-3H3. The third kappa shape index (κ3) is 2.50. The highest BCUT2D eigenvalue weighted by atomic mass is 32.2. The molecule has 1 unspecified atom stereocenters. The Kier molecular flexibility index (Phi) is 3.86. The molecule has 0 aliphatic heterocycles. The number of ketones is 1. The summed E-state index contributed by atoms with van der Waals surface area (Å²) in [6.45, 7) is 4.94. The lowest BCUT2D eigenvalue weighted by Crippen LogP contribution is -2.26. The first-order chi connectivity index (χ1) is 7.39.